The van der Waals surface area contributed by atoms with Gasteiger partial charge in [0.1, 0.15) is 6.10 Å². The van der Waals surface area contributed by atoms with Crippen molar-refractivity contribution in [1.29, 1.82) is 0 Å². The molecule has 4 fully saturated rings. The van der Waals surface area contributed by atoms with Crippen LogP contribution in [0.1, 0.15) is 39.0 Å². The van der Waals surface area contributed by atoms with E-state index in [-0.39, 0.29) is 18.3 Å². The molecule has 3 saturated heterocycles. The van der Waals surface area contributed by atoms with Crippen molar-refractivity contribution in [2.45, 2.75) is 51.2 Å². The minimum atomic E-state index is -0.172. The maximum Gasteiger partial charge on any atom is 0.410 e. The Morgan fingerprint density at radius 1 is 1.08 bits per heavy atom. The first kappa shape index (κ1) is 16.9. The van der Waals surface area contributed by atoms with E-state index in [0.29, 0.717) is 18.1 Å². The first-order valence-electron chi connectivity index (χ1n) is 9.70. The molecule has 140 valence electrons. The van der Waals surface area contributed by atoms with E-state index in [2.05, 4.69) is 4.90 Å². The summed E-state index contributed by atoms with van der Waals surface area (Å²) in [6, 6.07) is 0.575. The van der Waals surface area contributed by atoms with Gasteiger partial charge in [-0.15, -0.1) is 0 Å². The van der Waals surface area contributed by atoms with Gasteiger partial charge in [-0.05, 0) is 39.0 Å². The third-order valence-corrected chi connectivity index (χ3v) is 6.28. The van der Waals surface area contributed by atoms with E-state index in [4.69, 9.17) is 9.47 Å². The molecule has 3 heterocycles. The molecular weight excluding hydrogens is 322 g/mol. The highest BCUT2D eigenvalue weighted by atomic mass is 16.6. The number of hydrogen-bond acceptors (Lipinski definition) is 5. The summed E-state index contributed by atoms with van der Waals surface area (Å²) in [5.74, 6) is 0. The normalized spacial score (nSPS) is 28.8. The predicted octanol–water partition coefficient (Wildman–Crippen LogP) is 1.91. The highest BCUT2D eigenvalue weighted by molar-refractivity contribution is 5.69. The van der Waals surface area contributed by atoms with Gasteiger partial charge in [0.2, 0.25) is 0 Å². The van der Waals surface area contributed by atoms with Gasteiger partial charge in [-0.2, -0.15) is 0 Å². The second-order valence-electron chi connectivity index (χ2n) is 8.11. The summed E-state index contributed by atoms with van der Waals surface area (Å²) >= 11 is 0. The van der Waals surface area contributed by atoms with Crippen LogP contribution in [-0.4, -0.2) is 84.9 Å². The Morgan fingerprint density at radius 2 is 1.80 bits per heavy atom. The number of amides is 2. The van der Waals surface area contributed by atoms with Crippen LogP contribution in [0, 0.1) is 5.41 Å². The Balaban J connectivity index is 1.17. The summed E-state index contributed by atoms with van der Waals surface area (Å²) < 4.78 is 10.7. The van der Waals surface area contributed by atoms with Gasteiger partial charge in [0, 0.05) is 50.7 Å². The van der Waals surface area contributed by atoms with Crippen LogP contribution in [0.25, 0.3) is 0 Å². The molecule has 25 heavy (non-hydrogen) atoms. The lowest BCUT2D eigenvalue weighted by Crippen LogP contribution is -2.60. The van der Waals surface area contributed by atoms with Crippen LogP contribution in [-0.2, 0) is 9.47 Å². The second kappa shape index (κ2) is 6.67. The van der Waals surface area contributed by atoms with Gasteiger partial charge < -0.3 is 19.3 Å². The highest BCUT2D eigenvalue weighted by Crippen LogP contribution is 2.48. The summed E-state index contributed by atoms with van der Waals surface area (Å²) in [7, 11) is 0. The largest absolute Gasteiger partial charge is 0.450 e. The van der Waals surface area contributed by atoms with Gasteiger partial charge >= 0.3 is 12.2 Å². The third kappa shape index (κ3) is 3.30. The van der Waals surface area contributed by atoms with Gasteiger partial charge in [0.05, 0.1) is 6.61 Å². The van der Waals surface area contributed by atoms with Gasteiger partial charge in [0.15, 0.2) is 0 Å². The van der Waals surface area contributed by atoms with E-state index in [1.807, 2.05) is 16.7 Å². The third-order valence-electron chi connectivity index (χ3n) is 6.28. The van der Waals surface area contributed by atoms with Crippen molar-refractivity contribution in [2.75, 3.05) is 45.9 Å². The molecule has 1 spiro atoms. The fourth-order valence-electron chi connectivity index (χ4n) is 4.84. The maximum absolute atomic E-state index is 12.0. The van der Waals surface area contributed by atoms with Crippen LogP contribution in [0.4, 0.5) is 9.59 Å². The van der Waals surface area contributed by atoms with Crippen molar-refractivity contribution >= 4 is 12.2 Å². The van der Waals surface area contributed by atoms with Crippen molar-refractivity contribution in [1.82, 2.24) is 14.7 Å². The summed E-state index contributed by atoms with van der Waals surface area (Å²) in [5, 5.41) is 0. The molecule has 0 aromatic carbocycles. The van der Waals surface area contributed by atoms with Crippen LogP contribution in [0.15, 0.2) is 0 Å². The monoisotopic (exact) mass is 351 g/mol. The zero-order valence-corrected chi connectivity index (χ0v) is 15.1. The van der Waals surface area contributed by atoms with Crippen LogP contribution < -0.4 is 0 Å². The molecule has 3 aliphatic heterocycles. The van der Waals surface area contributed by atoms with Crippen LogP contribution >= 0.6 is 0 Å². The van der Waals surface area contributed by atoms with Gasteiger partial charge in [-0.1, -0.05) is 0 Å². The second-order valence-corrected chi connectivity index (χ2v) is 8.11. The molecule has 0 radical (unpaired) electrons. The minimum absolute atomic E-state index is 0.0575. The lowest BCUT2D eigenvalue weighted by atomic mass is 9.78. The van der Waals surface area contributed by atoms with E-state index in [1.165, 1.54) is 12.8 Å². The highest BCUT2D eigenvalue weighted by Gasteiger charge is 2.52. The number of likely N-dealkylation sites (tertiary alicyclic amines) is 3. The molecule has 2 amide bonds. The quantitative estimate of drug-likeness (QED) is 0.777. The standard InChI is InChI=1S/C18H29N3O4/c1-2-24-16(22)21-12-18(13-21)6-5-14(9-18)20-10-15(11-20)25-17(23)19-7-3-4-8-19/h14-15H,2-13H2,1H3. The Hall–Kier alpha value is -1.50. The lowest BCUT2D eigenvalue weighted by Gasteiger charge is -2.49. The molecule has 1 unspecified atom stereocenters. The fraction of sp³-hybridized carbons (Fsp3) is 0.889. The molecule has 1 saturated carbocycles. The average molecular weight is 351 g/mol. The van der Waals surface area contributed by atoms with Crippen molar-refractivity contribution in [3.8, 4) is 0 Å². The van der Waals surface area contributed by atoms with E-state index in [1.54, 1.807) is 0 Å². The van der Waals surface area contributed by atoms with E-state index >= 15 is 0 Å². The van der Waals surface area contributed by atoms with E-state index < -0.39 is 0 Å². The molecule has 0 bridgehead atoms. The van der Waals surface area contributed by atoms with Crippen molar-refractivity contribution in [2.24, 2.45) is 5.41 Å². The van der Waals surface area contributed by atoms with Gasteiger partial charge in [-0.3, -0.25) is 4.90 Å². The number of carbonyl (C=O) groups excluding carboxylic acids is 2. The molecular formula is C18H29N3O4. The molecule has 7 nitrogen and oxygen atoms in total. The van der Waals surface area contributed by atoms with Crippen LogP contribution in [0.3, 0.4) is 0 Å². The molecule has 1 atom stereocenters. The van der Waals surface area contributed by atoms with Crippen molar-refractivity contribution < 1.29 is 19.1 Å². The fourth-order valence-corrected chi connectivity index (χ4v) is 4.84. The Morgan fingerprint density at radius 3 is 2.48 bits per heavy atom. The van der Waals surface area contributed by atoms with Crippen molar-refractivity contribution in [3.05, 3.63) is 0 Å². The molecule has 0 aromatic rings. The van der Waals surface area contributed by atoms with Gasteiger partial charge in [-0.25, -0.2) is 9.59 Å². The number of hydrogen-bond donors (Lipinski definition) is 0. The van der Waals surface area contributed by atoms with Crippen LogP contribution in [0.5, 0.6) is 0 Å². The number of rotatable bonds is 3. The summed E-state index contributed by atoms with van der Waals surface area (Å²) in [6.45, 7) is 7.37. The zero-order valence-electron chi connectivity index (χ0n) is 15.1. The molecule has 4 aliphatic rings. The Bertz CT molecular complexity index is 522. The Kier molecular flexibility index (Phi) is 4.52. The van der Waals surface area contributed by atoms with Crippen LogP contribution in [0.2, 0.25) is 0 Å². The summed E-state index contributed by atoms with van der Waals surface area (Å²) in [5.41, 5.74) is 0.300. The maximum atomic E-state index is 12.0. The number of carbonyl (C=O) groups is 2. The lowest BCUT2D eigenvalue weighted by molar-refractivity contribution is -0.0510. The molecule has 0 aromatic heterocycles. The minimum Gasteiger partial charge on any atom is -0.450 e. The predicted molar refractivity (Wildman–Crippen MR) is 91.3 cm³/mol. The molecule has 0 N–H and O–H groups in total. The average Bonchev–Trinajstić information content (AvgIpc) is 3.18. The number of ether oxygens (including phenoxy) is 2. The SMILES string of the molecule is CCOC(=O)N1CC2(CCC(N3CC(OC(=O)N4CCCC4)C3)C2)C1. The summed E-state index contributed by atoms with van der Waals surface area (Å²) in [6.07, 6.45) is 5.46. The summed E-state index contributed by atoms with van der Waals surface area (Å²) in [4.78, 5) is 29.9. The zero-order chi connectivity index (χ0) is 17.4. The smallest absolute Gasteiger partial charge is 0.410 e. The molecule has 1 aliphatic carbocycles. The van der Waals surface area contributed by atoms with Gasteiger partial charge in [0.25, 0.3) is 0 Å². The first-order valence-corrected chi connectivity index (χ1v) is 9.70. The number of nitrogens with zero attached hydrogens (tertiary/aromatic N) is 3. The topological polar surface area (TPSA) is 62.3 Å². The molecule has 4 rings (SSSR count). The van der Waals surface area contributed by atoms with E-state index in [9.17, 15) is 9.59 Å². The molecule has 7 heteroatoms. The van der Waals surface area contributed by atoms with Crippen molar-refractivity contribution in [3.63, 3.8) is 0 Å². The van der Waals surface area contributed by atoms with E-state index in [0.717, 1.165) is 58.5 Å². The Labute approximate surface area is 149 Å². The first-order chi connectivity index (χ1) is 12.1.